The summed E-state index contributed by atoms with van der Waals surface area (Å²) < 4.78 is 10.5. The van der Waals surface area contributed by atoms with Crippen molar-refractivity contribution in [1.29, 1.82) is 0 Å². The Balaban J connectivity index is 2.29. The standard InChI is InChI=1S/C21H22ClNO4/c1-14(2)13-27-21(25)18(12-15-8-10-16(22)11-9-15)23-20(24)17-6-4-5-7-19(17)26-3/h4-12,14H,13H2,1-3H3,(H,23,24)/b18-12+. The fourth-order valence-electron chi connectivity index (χ4n) is 2.21. The molecule has 2 aromatic rings. The minimum absolute atomic E-state index is 0.0360. The maximum atomic E-state index is 12.7. The average molecular weight is 388 g/mol. The Bertz CT molecular complexity index is 828. The quantitative estimate of drug-likeness (QED) is 0.567. The van der Waals surface area contributed by atoms with Crippen LogP contribution in [-0.4, -0.2) is 25.6 Å². The van der Waals surface area contributed by atoms with Crippen molar-refractivity contribution in [1.82, 2.24) is 5.32 Å². The molecule has 1 N–H and O–H groups in total. The molecule has 0 spiro atoms. The summed E-state index contributed by atoms with van der Waals surface area (Å²) in [6, 6.07) is 13.7. The van der Waals surface area contributed by atoms with Gasteiger partial charge in [-0.2, -0.15) is 0 Å². The van der Waals surface area contributed by atoms with Gasteiger partial charge in [0.1, 0.15) is 11.4 Å². The van der Waals surface area contributed by atoms with Gasteiger partial charge < -0.3 is 14.8 Å². The van der Waals surface area contributed by atoms with Crippen molar-refractivity contribution in [2.45, 2.75) is 13.8 Å². The highest BCUT2D eigenvalue weighted by molar-refractivity contribution is 6.30. The van der Waals surface area contributed by atoms with Gasteiger partial charge in [0.15, 0.2) is 0 Å². The Hall–Kier alpha value is -2.79. The van der Waals surface area contributed by atoms with Crippen molar-refractivity contribution < 1.29 is 19.1 Å². The number of nitrogens with one attached hydrogen (secondary N) is 1. The van der Waals surface area contributed by atoms with Crippen LogP contribution < -0.4 is 10.1 Å². The molecule has 0 radical (unpaired) electrons. The lowest BCUT2D eigenvalue weighted by molar-refractivity contribution is -0.140. The zero-order chi connectivity index (χ0) is 19.8. The summed E-state index contributed by atoms with van der Waals surface area (Å²) in [5.41, 5.74) is 1.06. The van der Waals surface area contributed by atoms with E-state index in [9.17, 15) is 9.59 Å². The minimum atomic E-state index is -0.609. The van der Waals surface area contributed by atoms with E-state index in [0.717, 1.165) is 0 Å². The van der Waals surface area contributed by atoms with Crippen molar-refractivity contribution in [2.75, 3.05) is 13.7 Å². The number of halogens is 1. The SMILES string of the molecule is COc1ccccc1C(=O)N/C(=C/c1ccc(Cl)cc1)C(=O)OCC(C)C. The third-order valence-electron chi connectivity index (χ3n) is 3.55. The molecule has 0 saturated heterocycles. The second kappa shape index (κ2) is 9.78. The van der Waals surface area contributed by atoms with Gasteiger partial charge in [0.25, 0.3) is 5.91 Å². The lowest BCUT2D eigenvalue weighted by Crippen LogP contribution is -2.29. The Kier molecular flexibility index (Phi) is 7.44. The van der Waals surface area contributed by atoms with E-state index in [-0.39, 0.29) is 18.2 Å². The number of rotatable bonds is 7. The third-order valence-corrected chi connectivity index (χ3v) is 3.80. The number of benzene rings is 2. The molecule has 0 unspecified atom stereocenters. The Morgan fingerprint density at radius 2 is 1.78 bits per heavy atom. The largest absolute Gasteiger partial charge is 0.496 e. The number of para-hydroxylation sites is 1. The molecular weight excluding hydrogens is 366 g/mol. The number of esters is 1. The smallest absolute Gasteiger partial charge is 0.354 e. The Morgan fingerprint density at radius 1 is 1.11 bits per heavy atom. The van der Waals surface area contributed by atoms with Crippen LogP contribution in [0.3, 0.4) is 0 Å². The predicted molar refractivity (Wildman–Crippen MR) is 106 cm³/mol. The maximum Gasteiger partial charge on any atom is 0.354 e. The van der Waals surface area contributed by atoms with E-state index in [2.05, 4.69) is 5.32 Å². The molecular formula is C21H22ClNO4. The molecule has 0 aliphatic carbocycles. The molecule has 0 aromatic heterocycles. The molecule has 0 aliphatic rings. The fourth-order valence-corrected chi connectivity index (χ4v) is 2.34. The summed E-state index contributed by atoms with van der Waals surface area (Å²) in [7, 11) is 1.48. The maximum absolute atomic E-state index is 12.7. The van der Waals surface area contributed by atoms with E-state index in [1.54, 1.807) is 54.6 Å². The highest BCUT2D eigenvalue weighted by Crippen LogP contribution is 2.18. The summed E-state index contributed by atoms with van der Waals surface area (Å²) in [5.74, 6) is -0.483. The van der Waals surface area contributed by atoms with E-state index < -0.39 is 11.9 Å². The molecule has 1 amide bonds. The summed E-state index contributed by atoms with van der Waals surface area (Å²) in [4.78, 5) is 25.1. The van der Waals surface area contributed by atoms with Crippen LogP contribution in [0, 0.1) is 5.92 Å². The number of hydrogen-bond donors (Lipinski definition) is 1. The molecule has 6 heteroatoms. The van der Waals surface area contributed by atoms with E-state index >= 15 is 0 Å². The van der Waals surface area contributed by atoms with E-state index in [1.807, 2.05) is 13.8 Å². The molecule has 0 atom stereocenters. The van der Waals surface area contributed by atoms with Gasteiger partial charge in [-0.1, -0.05) is 49.7 Å². The van der Waals surface area contributed by atoms with E-state index in [4.69, 9.17) is 21.1 Å². The zero-order valence-electron chi connectivity index (χ0n) is 15.5. The van der Waals surface area contributed by atoms with Crippen molar-refractivity contribution in [3.05, 3.63) is 70.4 Å². The van der Waals surface area contributed by atoms with Crippen LogP contribution in [0.1, 0.15) is 29.8 Å². The lowest BCUT2D eigenvalue weighted by Gasteiger charge is -2.13. The normalized spacial score (nSPS) is 11.2. The Labute approximate surface area is 163 Å². The second-order valence-corrected chi connectivity index (χ2v) is 6.69. The van der Waals surface area contributed by atoms with Crippen LogP contribution >= 0.6 is 11.6 Å². The first-order valence-electron chi connectivity index (χ1n) is 8.49. The number of ether oxygens (including phenoxy) is 2. The summed E-state index contributed by atoms with van der Waals surface area (Å²) in [5, 5.41) is 3.21. The second-order valence-electron chi connectivity index (χ2n) is 6.26. The van der Waals surface area contributed by atoms with Gasteiger partial charge in [0.05, 0.1) is 19.3 Å². The zero-order valence-corrected chi connectivity index (χ0v) is 16.2. The van der Waals surface area contributed by atoms with Gasteiger partial charge in [-0.3, -0.25) is 4.79 Å². The van der Waals surface area contributed by atoms with E-state index in [0.29, 0.717) is 21.9 Å². The number of methoxy groups -OCH3 is 1. The van der Waals surface area contributed by atoms with Gasteiger partial charge in [-0.05, 0) is 41.8 Å². The minimum Gasteiger partial charge on any atom is -0.496 e. The number of carbonyl (C=O) groups is 2. The van der Waals surface area contributed by atoms with Gasteiger partial charge in [0, 0.05) is 5.02 Å². The highest BCUT2D eigenvalue weighted by Gasteiger charge is 2.18. The van der Waals surface area contributed by atoms with Gasteiger partial charge >= 0.3 is 5.97 Å². The van der Waals surface area contributed by atoms with Crippen molar-refractivity contribution >= 4 is 29.6 Å². The number of hydrogen-bond acceptors (Lipinski definition) is 4. The molecule has 0 aliphatic heterocycles. The molecule has 2 rings (SSSR count). The van der Waals surface area contributed by atoms with Crippen LogP contribution in [0.2, 0.25) is 5.02 Å². The monoisotopic (exact) mass is 387 g/mol. The highest BCUT2D eigenvalue weighted by atomic mass is 35.5. The van der Waals surface area contributed by atoms with Crippen LogP contribution in [-0.2, 0) is 9.53 Å². The number of amides is 1. The lowest BCUT2D eigenvalue weighted by atomic mass is 10.1. The van der Waals surface area contributed by atoms with Crippen molar-refractivity contribution in [3.8, 4) is 5.75 Å². The molecule has 27 heavy (non-hydrogen) atoms. The van der Waals surface area contributed by atoms with Crippen molar-refractivity contribution in [3.63, 3.8) is 0 Å². The summed E-state index contributed by atoms with van der Waals surface area (Å²) >= 11 is 5.90. The van der Waals surface area contributed by atoms with Crippen LogP contribution in [0.5, 0.6) is 5.75 Å². The van der Waals surface area contributed by atoms with Crippen LogP contribution in [0.25, 0.3) is 6.08 Å². The topological polar surface area (TPSA) is 64.6 Å². The molecule has 2 aromatic carbocycles. The van der Waals surface area contributed by atoms with Crippen LogP contribution in [0.4, 0.5) is 0 Å². The first-order chi connectivity index (χ1) is 12.9. The first kappa shape index (κ1) is 20.5. The molecule has 0 saturated carbocycles. The first-order valence-corrected chi connectivity index (χ1v) is 8.87. The molecule has 0 fully saturated rings. The average Bonchev–Trinajstić information content (AvgIpc) is 2.67. The van der Waals surface area contributed by atoms with Crippen LogP contribution in [0.15, 0.2) is 54.2 Å². The predicted octanol–water partition coefficient (Wildman–Crippen LogP) is 4.32. The summed E-state index contributed by atoms with van der Waals surface area (Å²) in [6.07, 6.45) is 1.55. The fraction of sp³-hybridized carbons (Fsp3) is 0.238. The van der Waals surface area contributed by atoms with Crippen molar-refractivity contribution in [2.24, 2.45) is 5.92 Å². The molecule has 0 bridgehead atoms. The third kappa shape index (κ3) is 6.15. The number of carbonyl (C=O) groups excluding carboxylic acids is 2. The van der Waals surface area contributed by atoms with Gasteiger partial charge in [0.2, 0.25) is 0 Å². The summed E-state index contributed by atoms with van der Waals surface area (Å²) in [6.45, 7) is 4.12. The van der Waals surface area contributed by atoms with Gasteiger partial charge in [-0.25, -0.2) is 4.79 Å². The van der Waals surface area contributed by atoms with Gasteiger partial charge in [-0.15, -0.1) is 0 Å². The Morgan fingerprint density at radius 3 is 2.41 bits per heavy atom. The van der Waals surface area contributed by atoms with E-state index in [1.165, 1.54) is 7.11 Å². The molecule has 142 valence electrons. The molecule has 0 heterocycles. The molecule has 5 nitrogen and oxygen atoms in total.